The summed E-state index contributed by atoms with van der Waals surface area (Å²) in [7, 11) is 0. The molecule has 1 amide bonds. The van der Waals surface area contributed by atoms with Gasteiger partial charge in [0.15, 0.2) is 6.61 Å². The lowest BCUT2D eigenvalue weighted by Gasteiger charge is -2.14. The van der Waals surface area contributed by atoms with Gasteiger partial charge in [-0.15, -0.1) is 0 Å². The van der Waals surface area contributed by atoms with Gasteiger partial charge in [0.25, 0.3) is 5.91 Å². The standard InChI is InChI=1S/C17H15Cl2NO3/c1-11(12-5-3-2-4-6-12)20-16(21)10-23-17(22)13-7-8-14(18)15(19)9-13/h2-9,11H,10H2,1H3,(H,20,21)/t11-/m0/s1. The highest BCUT2D eigenvalue weighted by atomic mass is 35.5. The van der Waals surface area contributed by atoms with Crippen LogP contribution in [0.5, 0.6) is 0 Å². The van der Waals surface area contributed by atoms with Crippen LogP contribution >= 0.6 is 23.2 Å². The first kappa shape index (κ1) is 17.3. The van der Waals surface area contributed by atoms with Crippen LogP contribution in [0.1, 0.15) is 28.9 Å². The van der Waals surface area contributed by atoms with Crippen molar-refractivity contribution in [2.75, 3.05) is 6.61 Å². The Labute approximate surface area is 144 Å². The van der Waals surface area contributed by atoms with Crippen LogP contribution in [0.3, 0.4) is 0 Å². The van der Waals surface area contributed by atoms with E-state index in [1.54, 1.807) is 0 Å². The van der Waals surface area contributed by atoms with E-state index < -0.39 is 5.97 Å². The molecular formula is C17H15Cl2NO3. The summed E-state index contributed by atoms with van der Waals surface area (Å²) in [6.45, 7) is 1.49. The minimum absolute atomic E-state index is 0.174. The van der Waals surface area contributed by atoms with Crippen molar-refractivity contribution in [2.24, 2.45) is 0 Å². The van der Waals surface area contributed by atoms with Crippen LogP contribution in [0, 0.1) is 0 Å². The molecule has 0 aliphatic carbocycles. The van der Waals surface area contributed by atoms with Crippen LogP contribution in [-0.4, -0.2) is 18.5 Å². The minimum Gasteiger partial charge on any atom is -0.452 e. The zero-order valence-corrected chi connectivity index (χ0v) is 13.9. The molecule has 0 radical (unpaired) electrons. The highest BCUT2D eigenvalue weighted by Gasteiger charge is 2.14. The summed E-state index contributed by atoms with van der Waals surface area (Å²) in [4.78, 5) is 23.7. The number of benzene rings is 2. The lowest BCUT2D eigenvalue weighted by atomic mass is 10.1. The molecule has 0 spiro atoms. The van der Waals surface area contributed by atoms with E-state index in [4.69, 9.17) is 27.9 Å². The number of halogens is 2. The van der Waals surface area contributed by atoms with Crippen molar-refractivity contribution in [2.45, 2.75) is 13.0 Å². The number of carbonyl (C=O) groups excluding carboxylic acids is 2. The fraction of sp³-hybridized carbons (Fsp3) is 0.176. The number of hydrogen-bond acceptors (Lipinski definition) is 3. The average molecular weight is 352 g/mol. The molecule has 2 aromatic carbocycles. The number of amides is 1. The predicted molar refractivity (Wildman–Crippen MR) is 89.7 cm³/mol. The van der Waals surface area contributed by atoms with Crippen molar-refractivity contribution < 1.29 is 14.3 Å². The zero-order valence-electron chi connectivity index (χ0n) is 12.4. The minimum atomic E-state index is -0.633. The maximum absolute atomic E-state index is 11.9. The Hall–Kier alpha value is -2.04. The Kier molecular flexibility index (Phi) is 6.02. The van der Waals surface area contributed by atoms with Crippen molar-refractivity contribution in [1.82, 2.24) is 5.32 Å². The fourth-order valence-corrected chi connectivity index (χ4v) is 2.24. The number of hydrogen-bond donors (Lipinski definition) is 1. The van der Waals surface area contributed by atoms with Gasteiger partial charge in [0.2, 0.25) is 0 Å². The van der Waals surface area contributed by atoms with Crippen LogP contribution in [0.2, 0.25) is 10.0 Å². The van der Waals surface area contributed by atoms with E-state index >= 15 is 0 Å². The number of nitrogens with one attached hydrogen (secondary N) is 1. The maximum Gasteiger partial charge on any atom is 0.338 e. The van der Waals surface area contributed by atoms with Gasteiger partial charge >= 0.3 is 5.97 Å². The summed E-state index contributed by atoms with van der Waals surface area (Å²) in [5.74, 6) is -1.01. The molecule has 0 heterocycles. The summed E-state index contributed by atoms with van der Waals surface area (Å²) in [6, 6.07) is 13.7. The topological polar surface area (TPSA) is 55.4 Å². The summed E-state index contributed by atoms with van der Waals surface area (Å²) in [5, 5.41) is 3.36. The molecule has 6 heteroatoms. The third kappa shape index (κ3) is 4.98. The Morgan fingerprint density at radius 2 is 1.78 bits per heavy atom. The molecule has 0 unspecified atom stereocenters. The Morgan fingerprint density at radius 1 is 1.09 bits per heavy atom. The van der Waals surface area contributed by atoms with Crippen LogP contribution in [0.4, 0.5) is 0 Å². The van der Waals surface area contributed by atoms with Crippen LogP contribution in [0.25, 0.3) is 0 Å². The SMILES string of the molecule is C[C@H](NC(=O)COC(=O)c1ccc(Cl)c(Cl)c1)c1ccccc1. The first-order valence-corrected chi connectivity index (χ1v) is 7.69. The summed E-state index contributed by atoms with van der Waals surface area (Å²) in [5.41, 5.74) is 1.21. The quantitative estimate of drug-likeness (QED) is 0.827. The molecule has 0 saturated carbocycles. The zero-order chi connectivity index (χ0) is 16.8. The van der Waals surface area contributed by atoms with Crippen molar-refractivity contribution in [3.8, 4) is 0 Å². The van der Waals surface area contributed by atoms with Crippen LogP contribution in [-0.2, 0) is 9.53 Å². The summed E-state index contributed by atoms with van der Waals surface area (Å²) < 4.78 is 4.97. The van der Waals surface area contributed by atoms with Gasteiger partial charge in [0, 0.05) is 0 Å². The van der Waals surface area contributed by atoms with Gasteiger partial charge in [0.05, 0.1) is 21.7 Å². The molecule has 0 aromatic heterocycles. The maximum atomic E-state index is 11.9. The first-order chi connectivity index (χ1) is 11.0. The summed E-state index contributed by atoms with van der Waals surface area (Å²) >= 11 is 11.6. The van der Waals surface area contributed by atoms with Crippen molar-refractivity contribution in [3.63, 3.8) is 0 Å². The lowest BCUT2D eigenvalue weighted by molar-refractivity contribution is -0.124. The second kappa shape index (κ2) is 7.99. The average Bonchev–Trinajstić information content (AvgIpc) is 2.56. The second-order valence-corrected chi connectivity index (χ2v) is 5.72. The number of rotatable bonds is 5. The number of carbonyl (C=O) groups is 2. The highest BCUT2D eigenvalue weighted by molar-refractivity contribution is 6.42. The van der Waals surface area contributed by atoms with Gasteiger partial charge in [0.1, 0.15) is 0 Å². The highest BCUT2D eigenvalue weighted by Crippen LogP contribution is 2.22. The lowest BCUT2D eigenvalue weighted by Crippen LogP contribution is -2.31. The Bertz CT molecular complexity index is 704. The third-order valence-electron chi connectivity index (χ3n) is 3.17. The Balaban J connectivity index is 1.86. The second-order valence-electron chi connectivity index (χ2n) is 4.90. The number of ether oxygens (including phenoxy) is 1. The van der Waals surface area contributed by atoms with Crippen molar-refractivity contribution in [1.29, 1.82) is 0 Å². The van der Waals surface area contributed by atoms with Crippen LogP contribution < -0.4 is 5.32 Å². The fourth-order valence-electron chi connectivity index (χ4n) is 1.95. The molecule has 2 rings (SSSR count). The van der Waals surface area contributed by atoms with Gasteiger partial charge < -0.3 is 10.1 Å². The van der Waals surface area contributed by atoms with E-state index in [0.29, 0.717) is 5.02 Å². The molecule has 4 nitrogen and oxygen atoms in total. The van der Waals surface area contributed by atoms with Gasteiger partial charge in [-0.05, 0) is 30.7 Å². The molecule has 1 atom stereocenters. The van der Waals surface area contributed by atoms with E-state index in [2.05, 4.69) is 5.32 Å². The van der Waals surface area contributed by atoms with Gasteiger partial charge in [-0.3, -0.25) is 4.79 Å². The molecule has 0 aliphatic heterocycles. The van der Waals surface area contributed by atoms with E-state index in [-0.39, 0.29) is 29.1 Å². The molecule has 2 aromatic rings. The molecule has 23 heavy (non-hydrogen) atoms. The third-order valence-corrected chi connectivity index (χ3v) is 3.91. The first-order valence-electron chi connectivity index (χ1n) is 6.94. The smallest absolute Gasteiger partial charge is 0.338 e. The Morgan fingerprint density at radius 3 is 2.43 bits per heavy atom. The molecule has 0 bridgehead atoms. The van der Waals surface area contributed by atoms with Crippen LogP contribution in [0.15, 0.2) is 48.5 Å². The molecular weight excluding hydrogens is 337 g/mol. The van der Waals surface area contributed by atoms with Gasteiger partial charge in [-0.1, -0.05) is 53.5 Å². The largest absolute Gasteiger partial charge is 0.452 e. The molecule has 0 fully saturated rings. The normalized spacial score (nSPS) is 11.6. The van der Waals surface area contributed by atoms with Crippen molar-refractivity contribution in [3.05, 3.63) is 69.7 Å². The predicted octanol–water partition coefficient (Wildman–Crippen LogP) is 4.03. The monoisotopic (exact) mass is 351 g/mol. The summed E-state index contributed by atoms with van der Waals surface area (Å²) in [6.07, 6.45) is 0. The molecule has 0 aliphatic rings. The van der Waals surface area contributed by atoms with Gasteiger partial charge in [-0.25, -0.2) is 4.79 Å². The van der Waals surface area contributed by atoms with Gasteiger partial charge in [-0.2, -0.15) is 0 Å². The molecule has 1 N–H and O–H groups in total. The van der Waals surface area contributed by atoms with Crippen molar-refractivity contribution >= 4 is 35.1 Å². The number of esters is 1. The molecule has 120 valence electrons. The van der Waals surface area contributed by atoms with E-state index in [0.717, 1.165) is 5.56 Å². The molecule has 0 saturated heterocycles. The van der Waals surface area contributed by atoms with E-state index in [9.17, 15) is 9.59 Å². The van der Waals surface area contributed by atoms with E-state index in [1.807, 2.05) is 37.3 Å². The van der Waals surface area contributed by atoms with E-state index in [1.165, 1.54) is 18.2 Å².